The molecule has 0 spiro atoms. The van der Waals surface area contributed by atoms with Crippen LogP contribution < -0.4 is 5.73 Å². The average molecular weight is 240 g/mol. The number of fused-ring (bicyclic) bond motifs is 2. The van der Waals surface area contributed by atoms with Crippen LogP contribution in [0, 0.1) is 5.92 Å². The topological polar surface area (TPSA) is 66.6 Å². The molecule has 3 unspecified atom stereocenters. The van der Waals surface area contributed by atoms with Gasteiger partial charge in [0.1, 0.15) is 5.54 Å². The van der Waals surface area contributed by atoms with Gasteiger partial charge in [-0.25, -0.2) is 0 Å². The highest BCUT2D eigenvalue weighted by Gasteiger charge is 2.37. The van der Waals surface area contributed by atoms with Gasteiger partial charge < -0.3 is 15.7 Å². The number of hydrogen-bond donors (Lipinski definition) is 2. The van der Waals surface area contributed by atoms with E-state index in [1.165, 1.54) is 25.8 Å². The number of unbranched alkanes of at least 4 members (excludes halogenated alkanes) is 1. The lowest BCUT2D eigenvalue weighted by Crippen LogP contribution is -2.44. The van der Waals surface area contributed by atoms with Gasteiger partial charge >= 0.3 is 5.97 Å². The van der Waals surface area contributed by atoms with E-state index in [0.29, 0.717) is 6.42 Å². The molecule has 4 heteroatoms. The Morgan fingerprint density at radius 1 is 1.47 bits per heavy atom. The first-order valence-electron chi connectivity index (χ1n) is 6.75. The maximum absolute atomic E-state index is 10.8. The first-order valence-corrected chi connectivity index (χ1v) is 6.75. The van der Waals surface area contributed by atoms with E-state index in [2.05, 4.69) is 4.90 Å². The van der Waals surface area contributed by atoms with Crippen LogP contribution >= 0.6 is 0 Å². The molecule has 2 rings (SSSR count). The molecule has 2 fully saturated rings. The molecule has 2 aliphatic rings. The summed E-state index contributed by atoms with van der Waals surface area (Å²) in [7, 11) is 0. The Morgan fingerprint density at radius 3 is 2.76 bits per heavy atom. The number of nitrogens with zero attached hydrogens (tertiary/aromatic N) is 1. The number of carboxylic acids is 1. The Morgan fingerprint density at radius 2 is 2.24 bits per heavy atom. The zero-order chi connectivity index (χ0) is 12.5. The Bertz CT molecular complexity index is 291. The molecule has 0 radical (unpaired) electrons. The molecule has 2 bridgehead atoms. The van der Waals surface area contributed by atoms with Gasteiger partial charge in [-0.1, -0.05) is 0 Å². The maximum Gasteiger partial charge on any atom is 0.323 e. The number of rotatable bonds is 6. The monoisotopic (exact) mass is 240 g/mol. The summed E-state index contributed by atoms with van der Waals surface area (Å²) in [5, 5.41) is 8.90. The van der Waals surface area contributed by atoms with E-state index in [9.17, 15) is 4.79 Å². The van der Waals surface area contributed by atoms with Gasteiger partial charge in [0.05, 0.1) is 0 Å². The predicted molar refractivity (Wildman–Crippen MR) is 66.8 cm³/mol. The second-order valence-corrected chi connectivity index (χ2v) is 6.01. The molecule has 3 atom stereocenters. The van der Waals surface area contributed by atoms with Crippen molar-refractivity contribution in [3.05, 3.63) is 0 Å². The molecule has 1 aliphatic heterocycles. The second kappa shape index (κ2) is 4.94. The lowest BCUT2D eigenvalue weighted by molar-refractivity contribution is -0.142. The van der Waals surface area contributed by atoms with Crippen LogP contribution in [0.25, 0.3) is 0 Å². The quantitative estimate of drug-likeness (QED) is 0.689. The molecular weight excluding hydrogens is 216 g/mol. The van der Waals surface area contributed by atoms with Gasteiger partial charge in [-0.05, 0) is 57.9 Å². The molecule has 98 valence electrons. The van der Waals surface area contributed by atoms with Crippen molar-refractivity contribution in [2.24, 2.45) is 11.7 Å². The molecule has 17 heavy (non-hydrogen) atoms. The van der Waals surface area contributed by atoms with Crippen LogP contribution in [0.4, 0.5) is 0 Å². The Labute approximate surface area is 103 Å². The van der Waals surface area contributed by atoms with Crippen LogP contribution in [0.2, 0.25) is 0 Å². The van der Waals surface area contributed by atoms with Gasteiger partial charge in [0.25, 0.3) is 0 Å². The molecule has 0 aromatic heterocycles. The maximum atomic E-state index is 10.8. The first-order chi connectivity index (χ1) is 7.99. The van der Waals surface area contributed by atoms with Crippen molar-refractivity contribution in [3.8, 4) is 0 Å². The Balaban J connectivity index is 1.62. The summed E-state index contributed by atoms with van der Waals surface area (Å²) in [6.45, 7) is 3.99. The van der Waals surface area contributed by atoms with Gasteiger partial charge in [-0.2, -0.15) is 0 Å². The average Bonchev–Trinajstić information content (AvgIpc) is 2.85. The molecule has 4 nitrogen and oxygen atoms in total. The van der Waals surface area contributed by atoms with Gasteiger partial charge in [-0.3, -0.25) is 4.79 Å². The van der Waals surface area contributed by atoms with Crippen molar-refractivity contribution in [2.75, 3.05) is 13.1 Å². The summed E-state index contributed by atoms with van der Waals surface area (Å²) in [5.74, 6) is 0.0523. The van der Waals surface area contributed by atoms with E-state index in [4.69, 9.17) is 10.8 Å². The Kier molecular flexibility index (Phi) is 3.73. The second-order valence-electron chi connectivity index (χ2n) is 6.01. The number of nitrogens with two attached hydrogens (primary N) is 1. The fourth-order valence-electron chi connectivity index (χ4n) is 3.21. The van der Waals surface area contributed by atoms with Crippen molar-refractivity contribution in [2.45, 2.75) is 57.0 Å². The predicted octanol–water partition coefficient (Wildman–Crippen LogP) is 1.44. The number of hydrogen-bond acceptors (Lipinski definition) is 3. The minimum Gasteiger partial charge on any atom is -0.480 e. The summed E-state index contributed by atoms with van der Waals surface area (Å²) in [6, 6.07) is 0.823. The number of piperidine rings is 1. The molecule has 1 aliphatic carbocycles. The van der Waals surface area contributed by atoms with Crippen LogP contribution in [0.15, 0.2) is 0 Å². The van der Waals surface area contributed by atoms with E-state index >= 15 is 0 Å². The zero-order valence-corrected chi connectivity index (χ0v) is 10.7. The minimum absolute atomic E-state index is 0.574. The molecule has 0 aromatic rings. The van der Waals surface area contributed by atoms with Gasteiger partial charge in [0, 0.05) is 12.6 Å². The largest absolute Gasteiger partial charge is 0.480 e. The van der Waals surface area contributed by atoms with Gasteiger partial charge in [0.2, 0.25) is 0 Å². The summed E-state index contributed by atoms with van der Waals surface area (Å²) < 4.78 is 0. The summed E-state index contributed by atoms with van der Waals surface area (Å²) in [5.41, 5.74) is 4.65. The normalized spacial score (nSPS) is 31.6. The Hall–Kier alpha value is -0.610. The molecular formula is C13H24N2O2. The van der Waals surface area contributed by atoms with E-state index < -0.39 is 11.5 Å². The van der Waals surface area contributed by atoms with E-state index in [-0.39, 0.29) is 0 Å². The van der Waals surface area contributed by atoms with E-state index in [0.717, 1.165) is 31.3 Å². The highest BCUT2D eigenvalue weighted by atomic mass is 16.4. The highest BCUT2D eigenvalue weighted by molar-refractivity contribution is 5.77. The first kappa shape index (κ1) is 12.8. The zero-order valence-electron chi connectivity index (χ0n) is 10.7. The smallest absolute Gasteiger partial charge is 0.323 e. The number of carboxylic acid groups (broad SMARTS) is 1. The van der Waals surface area contributed by atoms with Crippen molar-refractivity contribution in [1.29, 1.82) is 0 Å². The number of carbonyl (C=O) groups is 1. The lowest BCUT2D eigenvalue weighted by Gasteiger charge is -2.27. The number of likely N-dealkylation sites (tertiary alicyclic amines) is 1. The lowest BCUT2D eigenvalue weighted by atomic mass is 9.96. The van der Waals surface area contributed by atoms with Gasteiger partial charge in [-0.15, -0.1) is 0 Å². The molecule has 3 N–H and O–H groups in total. The van der Waals surface area contributed by atoms with E-state index in [1.54, 1.807) is 6.92 Å². The standard InChI is InChI=1S/C13H24N2O2/c1-13(14,12(16)17)6-2-3-7-15-9-10-4-5-11(15)8-10/h10-11H,2-9,14H2,1H3,(H,16,17). The molecule has 0 aromatic carbocycles. The third-order valence-corrected chi connectivity index (χ3v) is 4.40. The fraction of sp³-hybridized carbons (Fsp3) is 0.923. The molecule has 1 heterocycles. The molecule has 1 saturated carbocycles. The van der Waals surface area contributed by atoms with Crippen LogP contribution in [0.1, 0.15) is 45.4 Å². The fourth-order valence-corrected chi connectivity index (χ4v) is 3.21. The van der Waals surface area contributed by atoms with Crippen molar-refractivity contribution < 1.29 is 9.90 Å². The summed E-state index contributed by atoms with van der Waals surface area (Å²) >= 11 is 0. The van der Waals surface area contributed by atoms with Crippen LogP contribution in [0.5, 0.6) is 0 Å². The molecule has 1 saturated heterocycles. The molecule has 0 amide bonds. The van der Waals surface area contributed by atoms with Crippen molar-refractivity contribution in [3.63, 3.8) is 0 Å². The van der Waals surface area contributed by atoms with Gasteiger partial charge in [0.15, 0.2) is 0 Å². The third kappa shape index (κ3) is 2.99. The SMILES string of the molecule is CC(N)(CCCCN1CC2CCC1C2)C(=O)O. The summed E-state index contributed by atoms with van der Waals surface area (Å²) in [4.78, 5) is 13.4. The third-order valence-electron chi connectivity index (χ3n) is 4.40. The highest BCUT2D eigenvalue weighted by Crippen LogP contribution is 2.37. The van der Waals surface area contributed by atoms with Crippen molar-refractivity contribution in [1.82, 2.24) is 4.90 Å². The minimum atomic E-state index is -1.05. The summed E-state index contributed by atoms with van der Waals surface area (Å²) in [6.07, 6.45) is 6.74. The number of aliphatic carboxylic acids is 1. The van der Waals surface area contributed by atoms with Crippen LogP contribution in [-0.2, 0) is 4.79 Å². The van der Waals surface area contributed by atoms with E-state index in [1.807, 2.05) is 0 Å². The van der Waals surface area contributed by atoms with Crippen LogP contribution in [0.3, 0.4) is 0 Å². The van der Waals surface area contributed by atoms with Crippen molar-refractivity contribution >= 4 is 5.97 Å². The van der Waals surface area contributed by atoms with Crippen LogP contribution in [-0.4, -0.2) is 40.6 Å².